The monoisotopic (exact) mass is 234 g/mol. The highest BCUT2D eigenvalue weighted by molar-refractivity contribution is 5.94. The molecule has 1 aromatic rings. The lowest BCUT2D eigenvalue weighted by atomic mass is 9.93. The van der Waals surface area contributed by atoms with Crippen LogP contribution in [-0.2, 0) is 0 Å². The molecule has 1 aromatic heterocycles. The summed E-state index contributed by atoms with van der Waals surface area (Å²) in [7, 11) is 0. The standard InChI is InChI=1S/C13H18N2O2/c1-9-6-10(8-14-7-9)13(17)15-11-2-4-12(16)5-3-11/h6-8,11-12,16H,2-5H2,1H3,(H,15,17). The molecule has 2 N–H and O–H groups in total. The molecule has 92 valence electrons. The molecule has 0 unspecified atom stereocenters. The number of hydrogen-bond acceptors (Lipinski definition) is 3. The maximum atomic E-state index is 11.9. The zero-order chi connectivity index (χ0) is 12.3. The molecule has 0 bridgehead atoms. The average Bonchev–Trinajstić information content (AvgIpc) is 2.32. The quantitative estimate of drug-likeness (QED) is 0.813. The third kappa shape index (κ3) is 3.27. The zero-order valence-corrected chi connectivity index (χ0v) is 10.0. The second kappa shape index (κ2) is 5.27. The Kier molecular flexibility index (Phi) is 3.74. The van der Waals surface area contributed by atoms with Gasteiger partial charge in [-0.25, -0.2) is 0 Å². The predicted molar refractivity (Wildman–Crippen MR) is 64.7 cm³/mol. The van der Waals surface area contributed by atoms with E-state index in [-0.39, 0.29) is 18.1 Å². The van der Waals surface area contributed by atoms with Crippen LogP contribution in [0.4, 0.5) is 0 Å². The van der Waals surface area contributed by atoms with E-state index in [9.17, 15) is 9.90 Å². The number of hydrogen-bond donors (Lipinski definition) is 2. The number of aliphatic hydroxyl groups excluding tert-OH is 1. The van der Waals surface area contributed by atoms with Crippen LogP contribution in [0, 0.1) is 6.92 Å². The van der Waals surface area contributed by atoms with Crippen LogP contribution in [0.25, 0.3) is 0 Å². The first-order valence-corrected chi connectivity index (χ1v) is 6.06. The highest BCUT2D eigenvalue weighted by Gasteiger charge is 2.21. The molecule has 0 aromatic carbocycles. The third-order valence-corrected chi connectivity index (χ3v) is 3.17. The largest absolute Gasteiger partial charge is 0.393 e. The van der Waals surface area contributed by atoms with E-state index in [4.69, 9.17) is 0 Å². The fraction of sp³-hybridized carbons (Fsp3) is 0.538. The number of aromatic nitrogens is 1. The van der Waals surface area contributed by atoms with Crippen LogP contribution < -0.4 is 5.32 Å². The smallest absolute Gasteiger partial charge is 0.253 e. The lowest BCUT2D eigenvalue weighted by molar-refractivity contribution is 0.0867. The van der Waals surface area contributed by atoms with Crippen LogP contribution in [0.2, 0.25) is 0 Å². The number of aryl methyl sites for hydroxylation is 1. The van der Waals surface area contributed by atoms with Crippen LogP contribution in [-0.4, -0.2) is 28.1 Å². The molecule has 0 saturated heterocycles. The SMILES string of the molecule is Cc1cncc(C(=O)NC2CCC(O)CC2)c1. The Hall–Kier alpha value is -1.42. The molecule has 1 aliphatic rings. The fourth-order valence-corrected chi connectivity index (χ4v) is 2.17. The Morgan fingerprint density at radius 1 is 1.35 bits per heavy atom. The molecular weight excluding hydrogens is 216 g/mol. The number of nitrogens with one attached hydrogen (secondary N) is 1. The highest BCUT2D eigenvalue weighted by atomic mass is 16.3. The first-order valence-electron chi connectivity index (χ1n) is 6.06. The van der Waals surface area contributed by atoms with Gasteiger partial charge in [-0.2, -0.15) is 0 Å². The Morgan fingerprint density at radius 2 is 2.06 bits per heavy atom. The number of amides is 1. The van der Waals surface area contributed by atoms with Gasteiger partial charge in [0, 0.05) is 18.4 Å². The van der Waals surface area contributed by atoms with Gasteiger partial charge < -0.3 is 10.4 Å². The molecule has 0 atom stereocenters. The summed E-state index contributed by atoms with van der Waals surface area (Å²) >= 11 is 0. The Bertz CT molecular complexity index is 398. The lowest BCUT2D eigenvalue weighted by Crippen LogP contribution is -2.38. The van der Waals surface area contributed by atoms with Gasteiger partial charge >= 0.3 is 0 Å². The van der Waals surface area contributed by atoms with E-state index in [0.717, 1.165) is 31.2 Å². The summed E-state index contributed by atoms with van der Waals surface area (Å²) in [6.45, 7) is 1.92. The van der Waals surface area contributed by atoms with Crippen LogP contribution >= 0.6 is 0 Å². The van der Waals surface area contributed by atoms with Gasteiger partial charge in [-0.15, -0.1) is 0 Å². The van der Waals surface area contributed by atoms with Gasteiger partial charge in [0.05, 0.1) is 11.7 Å². The molecule has 1 heterocycles. The van der Waals surface area contributed by atoms with Crippen molar-refractivity contribution >= 4 is 5.91 Å². The molecule has 1 fully saturated rings. The molecular formula is C13H18N2O2. The van der Waals surface area contributed by atoms with Gasteiger partial charge in [0.15, 0.2) is 0 Å². The minimum Gasteiger partial charge on any atom is -0.393 e. The van der Waals surface area contributed by atoms with Crippen LogP contribution in [0.15, 0.2) is 18.5 Å². The number of carbonyl (C=O) groups is 1. The molecule has 1 aliphatic carbocycles. The van der Waals surface area contributed by atoms with Crippen LogP contribution in [0.1, 0.15) is 41.6 Å². The molecule has 0 radical (unpaired) electrons. The highest BCUT2D eigenvalue weighted by Crippen LogP contribution is 2.18. The van der Waals surface area contributed by atoms with Crippen molar-refractivity contribution in [3.63, 3.8) is 0 Å². The van der Waals surface area contributed by atoms with Crippen LogP contribution in [0.5, 0.6) is 0 Å². The van der Waals surface area contributed by atoms with E-state index < -0.39 is 0 Å². The van der Waals surface area contributed by atoms with Gasteiger partial charge in [-0.3, -0.25) is 9.78 Å². The molecule has 4 nitrogen and oxygen atoms in total. The second-order valence-electron chi connectivity index (χ2n) is 4.73. The lowest BCUT2D eigenvalue weighted by Gasteiger charge is -2.26. The zero-order valence-electron chi connectivity index (χ0n) is 10.0. The van der Waals surface area contributed by atoms with Crippen molar-refractivity contribution in [3.05, 3.63) is 29.6 Å². The van der Waals surface area contributed by atoms with E-state index in [1.807, 2.05) is 13.0 Å². The minimum absolute atomic E-state index is 0.0670. The van der Waals surface area contributed by atoms with Crippen LogP contribution in [0.3, 0.4) is 0 Å². The van der Waals surface area contributed by atoms with E-state index >= 15 is 0 Å². The predicted octanol–water partition coefficient (Wildman–Crippen LogP) is 1.42. The van der Waals surface area contributed by atoms with Gasteiger partial charge in [-0.05, 0) is 44.2 Å². The molecule has 0 spiro atoms. The topological polar surface area (TPSA) is 62.2 Å². The third-order valence-electron chi connectivity index (χ3n) is 3.17. The first kappa shape index (κ1) is 12.0. The first-order chi connectivity index (χ1) is 8.15. The average molecular weight is 234 g/mol. The maximum Gasteiger partial charge on any atom is 0.253 e. The van der Waals surface area contributed by atoms with Gasteiger partial charge in [-0.1, -0.05) is 0 Å². The van der Waals surface area contributed by atoms with E-state index in [0.29, 0.717) is 5.56 Å². The minimum atomic E-state index is -0.191. The Morgan fingerprint density at radius 3 is 2.71 bits per heavy atom. The summed E-state index contributed by atoms with van der Waals surface area (Å²) in [5.74, 6) is -0.0670. The number of aliphatic hydroxyl groups is 1. The summed E-state index contributed by atoms with van der Waals surface area (Å²) in [5.41, 5.74) is 1.59. The normalized spacial score (nSPS) is 24.4. The van der Waals surface area contributed by atoms with Crippen molar-refractivity contribution in [2.45, 2.75) is 44.8 Å². The summed E-state index contributed by atoms with van der Waals surface area (Å²) < 4.78 is 0. The molecule has 1 saturated carbocycles. The molecule has 1 amide bonds. The van der Waals surface area contributed by atoms with E-state index in [1.165, 1.54) is 0 Å². The van der Waals surface area contributed by atoms with E-state index in [2.05, 4.69) is 10.3 Å². The van der Waals surface area contributed by atoms with Crippen molar-refractivity contribution in [2.24, 2.45) is 0 Å². The fourth-order valence-electron chi connectivity index (χ4n) is 2.17. The number of carbonyl (C=O) groups excluding carboxylic acids is 1. The summed E-state index contributed by atoms with van der Waals surface area (Å²) in [4.78, 5) is 15.9. The van der Waals surface area contributed by atoms with Crippen molar-refractivity contribution in [2.75, 3.05) is 0 Å². The molecule has 2 rings (SSSR count). The second-order valence-corrected chi connectivity index (χ2v) is 4.73. The Balaban J connectivity index is 1.93. The number of nitrogens with zero attached hydrogens (tertiary/aromatic N) is 1. The van der Waals surface area contributed by atoms with Gasteiger partial charge in [0.2, 0.25) is 0 Å². The number of rotatable bonds is 2. The van der Waals surface area contributed by atoms with Crippen molar-refractivity contribution < 1.29 is 9.90 Å². The maximum absolute atomic E-state index is 11.9. The van der Waals surface area contributed by atoms with Crippen molar-refractivity contribution in [1.29, 1.82) is 0 Å². The van der Waals surface area contributed by atoms with Crippen molar-refractivity contribution in [1.82, 2.24) is 10.3 Å². The summed E-state index contributed by atoms with van der Waals surface area (Å²) in [5, 5.41) is 12.4. The van der Waals surface area contributed by atoms with Gasteiger partial charge in [0.1, 0.15) is 0 Å². The summed E-state index contributed by atoms with van der Waals surface area (Å²) in [6.07, 6.45) is 6.38. The molecule has 17 heavy (non-hydrogen) atoms. The molecule has 0 aliphatic heterocycles. The van der Waals surface area contributed by atoms with E-state index in [1.54, 1.807) is 12.4 Å². The molecule has 4 heteroatoms. The Labute approximate surface area is 101 Å². The number of pyridine rings is 1. The van der Waals surface area contributed by atoms with Crippen molar-refractivity contribution in [3.8, 4) is 0 Å². The van der Waals surface area contributed by atoms with Gasteiger partial charge in [0.25, 0.3) is 5.91 Å². The summed E-state index contributed by atoms with van der Waals surface area (Å²) in [6, 6.07) is 2.02.